The summed E-state index contributed by atoms with van der Waals surface area (Å²) in [6.45, 7) is 1.78. The van der Waals surface area contributed by atoms with Gasteiger partial charge in [-0.25, -0.2) is 14.4 Å². The zero-order valence-corrected chi connectivity index (χ0v) is 17.8. The standard InChI is InChI=1S/C24H20FN5O2/c1-14-26-13-22(32-14)19-8-7-17(12-27-19)28-20-10-16(25)11-21-23(20)29-24(30(21)2)15-5-4-6-18(9-15)31-3/h4-13,28H,1-3H3. The number of rotatable bonds is 5. The van der Waals surface area contributed by atoms with Crippen molar-refractivity contribution in [3.63, 3.8) is 0 Å². The van der Waals surface area contributed by atoms with Gasteiger partial charge < -0.3 is 19.0 Å². The fraction of sp³-hybridized carbons (Fsp3) is 0.125. The second-order valence-electron chi connectivity index (χ2n) is 7.35. The SMILES string of the molecule is COc1cccc(-c2nc3c(Nc4ccc(-c5cnc(C)o5)nc4)cc(F)cc3n2C)c1. The van der Waals surface area contributed by atoms with Gasteiger partial charge in [0, 0.05) is 19.5 Å². The van der Waals surface area contributed by atoms with Gasteiger partial charge in [-0.1, -0.05) is 12.1 Å². The Balaban J connectivity index is 1.52. The molecule has 3 aromatic heterocycles. The van der Waals surface area contributed by atoms with Crippen molar-refractivity contribution in [1.29, 1.82) is 0 Å². The summed E-state index contributed by atoms with van der Waals surface area (Å²) < 4.78 is 27.2. The minimum Gasteiger partial charge on any atom is -0.497 e. The predicted molar refractivity (Wildman–Crippen MR) is 120 cm³/mol. The van der Waals surface area contributed by atoms with E-state index in [-0.39, 0.29) is 5.82 Å². The number of anilines is 2. The van der Waals surface area contributed by atoms with E-state index < -0.39 is 0 Å². The Morgan fingerprint density at radius 2 is 1.94 bits per heavy atom. The average molecular weight is 429 g/mol. The number of aryl methyl sites for hydroxylation is 2. The lowest BCUT2D eigenvalue weighted by Crippen LogP contribution is -1.95. The summed E-state index contributed by atoms with van der Waals surface area (Å²) in [4.78, 5) is 13.3. The van der Waals surface area contributed by atoms with Crippen molar-refractivity contribution in [3.05, 3.63) is 72.6 Å². The highest BCUT2D eigenvalue weighted by Gasteiger charge is 2.16. The van der Waals surface area contributed by atoms with Gasteiger partial charge in [0.05, 0.1) is 36.4 Å². The molecule has 0 spiro atoms. The van der Waals surface area contributed by atoms with E-state index >= 15 is 0 Å². The number of methoxy groups -OCH3 is 1. The molecule has 5 rings (SSSR count). The largest absolute Gasteiger partial charge is 0.497 e. The molecular formula is C24H20FN5O2. The first-order chi connectivity index (χ1) is 15.5. The van der Waals surface area contributed by atoms with E-state index in [0.717, 1.165) is 11.3 Å². The summed E-state index contributed by atoms with van der Waals surface area (Å²) in [6.07, 6.45) is 3.30. The molecule has 3 heterocycles. The van der Waals surface area contributed by atoms with Crippen molar-refractivity contribution in [1.82, 2.24) is 19.5 Å². The molecule has 0 bridgehead atoms. The van der Waals surface area contributed by atoms with Crippen LogP contribution in [-0.2, 0) is 7.05 Å². The highest BCUT2D eigenvalue weighted by molar-refractivity contribution is 5.93. The van der Waals surface area contributed by atoms with Gasteiger partial charge in [-0.2, -0.15) is 0 Å². The minimum atomic E-state index is -0.359. The number of benzene rings is 2. The first-order valence-electron chi connectivity index (χ1n) is 9.98. The average Bonchev–Trinajstić information content (AvgIpc) is 3.38. The number of pyridine rings is 1. The van der Waals surface area contributed by atoms with Gasteiger partial charge >= 0.3 is 0 Å². The molecule has 0 saturated carbocycles. The van der Waals surface area contributed by atoms with E-state index in [1.54, 1.807) is 26.4 Å². The Bertz CT molecular complexity index is 1420. The van der Waals surface area contributed by atoms with Crippen LogP contribution >= 0.6 is 0 Å². The van der Waals surface area contributed by atoms with Crippen molar-refractivity contribution in [2.24, 2.45) is 7.05 Å². The van der Waals surface area contributed by atoms with E-state index in [4.69, 9.17) is 14.1 Å². The van der Waals surface area contributed by atoms with Gasteiger partial charge in [0.15, 0.2) is 11.7 Å². The molecule has 0 aliphatic heterocycles. The van der Waals surface area contributed by atoms with Crippen LogP contribution in [0.2, 0.25) is 0 Å². The van der Waals surface area contributed by atoms with E-state index in [0.29, 0.717) is 45.6 Å². The number of fused-ring (bicyclic) bond motifs is 1. The molecule has 1 N–H and O–H groups in total. The number of halogens is 1. The van der Waals surface area contributed by atoms with Crippen LogP contribution in [-0.4, -0.2) is 26.6 Å². The van der Waals surface area contributed by atoms with Gasteiger partial charge in [0.1, 0.15) is 28.6 Å². The normalized spacial score (nSPS) is 11.1. The molecule has 0 aliphatic carbocycles. The van der Waals surface area contributed by atoms with Crippen LogP contribution in [0.3, 0.4) is 0 Å². The second kappa shape index (κ2) is 7.81. The molecule has 0 fully saturated rings. The van der Waals surface area contributed by atoms with Crippen molar-refractivity contribution < 1.29 is 13.5 Å². The maximum atomic E-state index is 14.5. The van der Waals surface area contributed by atoms with Gasteiger partial charge in [-0.3, -0.25) is 4.98 Å². The minimum absolute atomic E-state index is 0.359. The number of ether oxygens (including phenoxy) is 1. The van der Waals surface area contributed by atoms with Crippen molar-refractivity contribution in [2.75, 3.05) is 12.4 Å². The van der Waals surface area contributed by atoms with E-state index in [2.05, 4.69) is 15.3 Å². The maximum absolute atomic E-state index is 14.5. The van der Waals surface area contributed by atoms with Crippen molar-refractivity contribution in [2.45, 2.75) is 6.92 Å². The lowest BCUT2D eigenvalue weighted by Gasteiger charge is -2.08. The van der Waals surface area contributed by atoms with Crippen molar-refractivity contribution in [3.8, 4) is 28.6 Å². The number of aromatic nitrogens is 4. The fourth-order valence-electron chi connectivity index (χ4n) is 3.62. The highest BCUT2D eigenvalue weighted by Crippen LogP contribution is 2.32. The molecular weight excluding hydrogens is 409 g/mol. The maximum Gasteiger partial charge on any atom is 0.191 e. The number of imidazole rings is 1. The Kier molecular flexibility index (Phi) is 4.82. The summed E-state index contributed by atoms with van der Waals surface area (Å²) in [5.74, 6) is 2.25. The Morgan fingerprint density at radius 3 is 2.66 bits per heavy atom. The molecule has 160 valence electrons. The summed E-state index contributed by atoms with van der Waals surface area (Å²) in [5, 5.41) is 3.24. The van der Waals surface area contributed by atoms with Gasteiger partial charge in [0.2, 0.25) is 0 Å². The highest BCUT2D eigenvalue weighted by atomic mass is 19.1. The quantitative estimate of drug-likeness (QED) is 0.398. The van der Waals surface area contributed by atoms with Gasteiger partial charge in [-0.05, 0) is 36.4 Å². The zero-order chi connectivity index (χ0) is 22.2. The molecule has 0 unspecified atom stereocenters. The molecule has 0 radical (unpaired) electrons. The Hall–Kier alpha value is -4.20. The Labute approximate surface area is 183 Å². The van der Waals surface area contributed by atoms with Gasteiger partial charge in [0.25, 0.3) is 0 Å². The van der Waals surface area contributed by atoms with Crippen LogP contribution in [0.1, 0.15) is 5.89 Å². The number of hydrogen-bond acceptors (Lipinski definition) is 6. The number of hydrogen-bond donors (Lipinski definition) is 1. The van der Waals surface area contributed by atoms with Crippen LogP contribution in [0.5, 0.6) is 5.75 Å². The third-order valence-corrected chi connectivity index (χ3v) is 5.20. The smallest absolute Gasteiger partial charge is 0.191 e. The van der Waals surface area contributed by atoms with E-state index in [1.807, 2.05) is 48.0 Å². The third-order valence-electron chi connectivity index (χ3n) is 5.20. The molecule has 0 aliphatic rings. The summed E-state index contributed by atoms with van der Waals surface area (Å²) in [7, 11) is 3.48. The topological polar surface area (TPSA) is 78.0 Å². The van der Waals surface area contributed by atoms with Crippen molar-refractivity contribution >= 4 is 22.4 Å². The molecule has 7 nitrogen and oxygen atoms in total. The van der Waals surface area contributed by atoms with Crippen LogP contribution in [0, 0.1) is 12.7 Å². The molecule has 2 aromatic carbocycles. The molecule has 8 heteroatoms. The van der Waals surface area contributed by atoms with Crippen LogP contribution in [0.4, 0.5) is 15.8 Å². The molecule has 0 amide bonds. The number of nitrogens with zero attached hydrogens (tertiary/aromatic N) is 4. The zero-order valence-electron chi connectivity index (χ0n) is 17.8. The number of nitrogens with one attached hydrogen (secondary N) is 1. The fourth-order valence-corrected chi connectivity index (χ4v) is 3.62. The van der Waals surface area contributed by atoms with Crippen LogP contribution in [0.25, 0.3) is 33.9 Å². The molecule has 32 heavy (non-hydrogen) atoms. The first-order valence-corrected chi connectivity index (χ1v) is 9.98. The lowest BCUT2D eigenvalue weighted by atomic mass is 10.2. The molecule has 0 saturated heterocycles. The van der Waals surface area contributed by atoms with Crippen LogP contribution < -0.4 is 10.1 Å². The summed E-state index contributed by atoms with van der Waals surface area (Å²) in [5.41, 5.74) is 4.12. The van der Waals surface area contributed by atoms with Crippen LogP contribution in [0.15, 0.2) is 65.3 Å². The first kappa shape index (κ1) is 19.7. The van der Waals surface area contributed by atoms with E-state index in [9.17, 15) is 4.39 Å². The lowest BCUT2D eigenvalue weighted by molar-refractivity contribution is 0.415. The van der Waals surface area contributed by atoms with Gasteiger partial charge in [-0.15, -0.1) is 0 Å². The molecule has 0 atom stereocenters. The van der Waals surface area contributed by atoms with E-state index in [1.165, 1.54) is 12.1 Å². The molecule has 5 aromatic rings. The Morgan fingerprint density at radius 1 is 1.06 bits per heavy atom. The number of oxazole rings is 1. The summed E-state index contributed by atoms with van der Waals surface area (Å²) in [6, 6.07) is 14.2. The third kappa shape index (κ3) is 3.56. The summed E-state index contributed by atoms with van der Waals surface area (Å²) >= 11 is 0. The second-order valence-corrected chi connectivity index (χ2v) is 7.35. The predicted octanol–water partition coefficient (Wildman–Crippen LogP) is 5.49. The monoisotopic (exact) mass is 429 g/mol.